The van der Waals surface area contributed by atoms with Crippen LogP contribution in [0.2, 0.25) is 0 Å². The van der Waals surface area contributed by atoms with E-state index in [0.29, 0.717) is 5.69 Å². The van der Waals surface area contributed by atoms with Crippen LogP contribution in [-0.4, -0.2) is 15.0 Å². The monoisotopic (exact) mass is 393 g/mol. The third-order valence-electron chi connectivity index (χ3n) is 4.64. The van der Waals surface area contributed by atoms with Gasteiger partial charge in [-0.1, -0.05) is 18.2 Å². The second-order valence-corrected chi connectivity index (χ2v) is 7.84. The zero-order chi connectivity index (χ0) is 19.7. The molecule has 0 amide bonds. The Hall–Kier alpha value is -2.99. The molecule has 0 aliphatic carbocycles. The van der Waals surface area contributed by atoms with Gasteiger partial charge in [0.2, 0.25) is 11.9 Å². The molecule has 0 aliphatic heterocycles. The summed E-state index contributed by atoms with van der Waals surface area (Å²) in [5.74, 6) is -1.73. The summed E-state index contributed by atoms with van der Waals surface area (Å²) in [5.41, 5.74) is 2.58. The molecular weight excluding hydrogens is 376 g/mol. The summed E-state index contributed by atoms with van der Waals surface area (Å²) in [5, 5.41) is 2.02. The summed E-state index contributed by atoms with van der Waals surface area (Å²) in [6, 6.07) is 17.8. The van der Waals surface area contributed by atoms with Gasteiger partial charge in [0.15, 0.2) is 0 Å². The van der Waals surface area contributed by atoms with Crippen LogP contribution in [0.5, 0.6) is 0 Å². The minimum absolute atomic E-state index is 0.166. The highest BCUT2D eigenvalue weighted by Crippen LogP contribution is 2.32. The Morgan fingerprint density at radius 1 is 0.750 bits per heavy atom. The van der Waals surface area contributed by atoms with Gasteiger partial charge < -0.3 is 0 Å². The van der Waals surface area contributed by atoms with Gasteiger partial charge in [0, 0.05) is 5.41 Å². The van der Waals surface area contributed by atoms with Gasteiger partial charge in [0.25, 0.3) is 0 Å². The maximum absolute atomic E-state index is 14.1. The van der Waals surface area contributed by atoms with Crippen molar-refractivity contribution in [1.29, 1.82) is 0 Å². The maximum atomic E-state index is 14.1. The molecule has 6 heteroatoms. The second-order valence-electron chi connectivity index (χ2n) is 6.89. The van der Waals surface area contributed by atoms with Crippen molar-refractivity contribution in [3.05, 3.63) is 89.3 Å². The van der Waals surface area contributed by atoms with Crippen LogP contribution in [0.15, 0.2) is 66.0 Å². The van der Waals surface area contributed by atoms with Crippen LogP contribution in [0.4, 0.5) is 8.78 Å². The lowest BCUT2D eigenvalue weighted by atomic mass is 9.84. The van der Waals surface area contributed by atoms with Crippen molar-refractivity contribution in [2.24, 2.45) is 0 Å². The maximum Gasteiger partial charge on any atom is 0.224 e. The molecule has 0 aromatic carbocycles. The number of halogens is 2. The van der Waals surface area contributed by atoms with Crippen molar-refractivity contribution in [2.45, 2.75) is 19.3 Å². The van der Waals surface area contributed by atoms with E-state index in [1.54, 1.807) is 17.4 Å². The van der Waals surface area contributed by atoms with Crippen molar-refractivity contribution in [1.82, 2.24) is 15.0 Å². The molecule has 0 aliphatic rings. The first-order valence-electron chi connectivity index (χ1n) is 8.76. The average Bonchev–Trinajstić information content (AvgIpc) is 3.23. The van der Waals surface area contributed by atoms with Crippen LogP contribution in [0.1, 0.15) is 25.2 Å². The molecule has 0 saturated heterocycles. The number of hydrogen-bond acceptors (Lipinski definition) is 4. The third kappa shape index (κ3) is 3.43. The van der Waals surface area contributed by atoms with E-state index in [1.165, 1.54) is 6.07 Å². The van der Waals surface area contributed by atoms with Gasteiger partial charge in [0.1, 0.15) is 0 Å². The molecule has 0 saturated carbocycles. The lowest BCUT2D eigenvalue weighted by Gasteiger charge is -2.24. The molecule has 0 N–H and O–H groups in total. The number of pyridine rings is 3. The normalized spacial score (nSPS) is 11.6. The minimum atomic E-state index is -0.875. The molecular formula is C22H17F2N3S. The Labute approximate surface area is 165 Å². The molecule has 0 unspecified atom stereocenters. The smallest absolute Gasteiger partial charge is 0.224 e. The second kappa shape index (κ2) is 7.20. The Morgan fingerprint density at radius 3 is 2.07 bits per heavy atom. The molecule has 0 spiro atoms. The predicted octanol–water partition coefficient (Wildman–Crippen LogP) is 5.87. The van der Waals surface area contributed by atoms with Gasteiger partial charge in [-0.25, -0.2) is 0 Å². The van der Waals surface area contributed by atoms with E-state index < -0.39 is 17.3 Å². The highest BCUT2D eigenvalue weighted by molar-refractivity contribution is 7.13. The number of nitrogens with zero attached hydrogens (tertiary/aromatic N) is 3. The summed E-state index contributed by atoms with van der Waals surface area (Å²) in [6.45, 7) is 4.05. The van der Waals surface area contributed by atoms with Crippen LogP contribution >= 0.6 is 11.3 Å². The Kier molecular flexibility index (Phi) is 4.73. The van der Waals surface area contributed by atoms with E-state index in [4.69, 9.17) is 4.98 Å². The van der Waals surface area contributed by atoms with Crippen molar-refractivity contribution in [2.75, 3.05) is 0 Å². The largest absolute Gasteiger partial charge is 0.252 e. The van der Waals surface area contributed by atoms with Crippen molar-refractivity contribution >= 4 is 11.3 Å². The molecule has 140 valence electrons. The first-order valence-corrected chi connectivity index (χ1v) is 9.64. The molecule has 4 aromatic heterocycles. The van der Waals surface area contributed by atoms with Crippen molar-refractivity contribution < 1.29 is 8.78 Å². The van der Waals surface area contributed by atoms with Gasteiger partial charge >= 0.3 is 0 Å². The zero-order valence-corrected chi connectivity index (χ0v) is 16.2. The molecule has 4 aromatic rings. The van der Waals surface area contributed by atoms with E-state index in [-0.39, 0.29) is 5.56 Å². The topological polar surface area (TPSA) is 38.7 Å². The van der Waals surface area contributed by atoms with E-state index in [9.17, 15) is 8.78 Å². The van der Waals surface area contributed by atoms with Crippen molar-refractivity contribution in [3.63, 3.8) is 0 Å². The van der Waals surface area contributed by atoms with Crippen molar-refractivity contribution in [3.8, 4) is 21.8 Å². The summed E-state index contributed by atoms with van der Waals surface area (Å²) < 4.78 is 27.2. The van der Waals surface area contributed by atoms with Gasteiger partial charge in [-0.05, 0) is 61.7 Å². The third-order valence-corrected chi connectivity index (χ3v) is 5.54. The fourth-order valence-electron chi connectivity index (χ4n) is 3.01. The van der Waals surface area contributed by atoms with Crippen LogP contribution < -0.4 is 0 Å². The number of aromatic nitrogens is 3. The standard InChI is InChI=1S/C22H17F2N3S/c1-22(2,19-10-4-7-16(26-19)17-8-5-13-28-17)18-9-3-6-15(25-18)14-11-12-20(23)27-21(14)24/h3-13H,1-2H3. The molecule has 4 heterocycles. The summed E-state index contributed by atoms with van der Waals surface area (Å²) in [6.07, 6.45) is 0. The van der Waals surface area contributed by atoms with Crippen LogP contribution in [0, 0.1) is 11.9 Å². The quantitative estimate of drug-likeness (QED) is 0.407. The highest BCUT2D eigenvalue weighted by Gasteiger charge is 2.27. The SMILES string of the molecule is CC(C)(c1cccc(-c2cccs2)n1)c1cccc(-c2ccc(F)nc2F)n1. The average molecular weight is 393 g/mol. The lowest BCUT2D eigenvalue weighted by Crippen LogP contribution is -2.22. The molecule has 28 heavy (non-hydrogen) atoms. The van der Waals surface area contributed by atoms with Gasteiger partial charge in [-0.15, -0.1) is 11.3 Å². The molecule has 0 fully saturated rings. The summed E-state index contributed by atoms with van der Waals surface area (Å²) in [7, 11) is 0. The van der Waals surface area contributed by atoms with E-state index in [0.717, 1.165) is 28.0 Å². The molecule has 4 rings (SSSR count). The van der Waals surface area contributed by atoms with Gasteiger partial charge in [-0.3, -0.25) is 9.97 Å². The number of thiophene rings is 1. The van der Waals surface area contributed by atoms with Gasteiger partial charge in [0.05, 0.1) is 33.2 Å². The Morgan fingerprint density at radius 2 is 1.43 bits per heavy atom. The first-order chi connectivity index (χ1) is 13.4. The van der Waals surface area contributed by atoms with E-state index >= 15 is 0 Å². The molecule has 0 atom stereocenters. The molecule has 0 bridgehead atoms. The Bertz CT molecular complexity index is 1120. The molecule has 0 radical (unpaired) electrons. The number of hydrogen-bond donors (Lipinski definition) is 0. The number of rotatable bonds is 4. The van der Waals surface area contributed by atoms with Crippen LogP contribution in [0.25, 0.3) is 21.8 Å². The Balaban J connectivity index is 1.75. The molecule has 3 nitrogen and oxygen atoms in total. The minimum Gasteiger partial charge on any atom is -0.252 e. The highest BCUT2D eigenvalue weighted by atomic mass is 32.1. The van der Waals surface area contributed by atoms with E-state index in [2.05, 4.69) is 9.97 Å². The summed E-state index contributed by atoms with van der Waals surface area (Å²) >= 11 is 1.64. The van der Waals surface area contributed by atoms with Crippen LogP contribution in [0.3, 0.4) is 0 Å². The van der Waals surface area contributed by atoms with E-state index in [1.807, 2.05) is 61.7 Å². The predicted molar refractivity (Wildman–Crippen MR) is 107 cm³/mol. The fourth-order valence-corrected chi connectivity index (χ4v) is 3.71. The lowest BCUT2D eigenvalue weighted by molar-refractivity contribution is 0.514. The zero-order valence-electron chi connectivity index (χ0n) is 15.4. The summed E-state index contributed by atoms with van der Waals surface area (Å²) in [4.78, 5) is 13.8. The van der Waals surface area contributed by atoms with Gasteiger partial charge in [-0.2, -0.15) is 13.8 Å². The fraction of sp³-hybridized carbons (Fsp3) is 0.136. The van der Waals surface area contributed by atoms with Crippen LogP contribution in [-0.2, 0) is 5.41 Å². The first kappa shape index (κ1) is 18.4.